The fourth-order valence-corrected chi connectivity index (χ4v) is 6.14. The van der Waals surface area contributed by atoms with Gasteiger partial charge in [0, 0.05) is 32.0 Å². The Balaban J connectivity index is 1.24. The van der Waals surface area contributed by atoms with E-state index in [0.29, 0.717) is 48.3 Å². The molecule has 1 aliphatic rings. The highest BCUT2D eigenvalue weighted by Gasteiger charge is 2.27. The number of nitrogens with zero attached hydrogens (tertiary/aromatic N) is 3. The lowest BCUT2D eigenvalue weighted by molar-refractivity contribution is -0.132. The zero-order valence-electron chi connectivity index (χ0n) is 15.5. The van der Waals surface area contributed by atoms with E-state index in [1.165, 1.54) is 22.7 Å². The second-order valence-electron chi connectivity index (χ2n) is 6.70. The quantitative estimate of drug-likeness (QED) is 0.591. The maximum atomic E-state index is 12.5. The first-order chi connectivity index (χ1) is 14.0. The van der Waals surface area contributed by atoms with Crippen molar-refractivity contribution in [2.24, 2.45) is 0 Å². The van der Waals surface area contributed by atoms with Gasteiger partial charge in [-0.25, -0.2) is 13.1 Å². The molecule has 1 N–H and O–H groups in total. The van der Waals surface area contributed by atoms with Crippen molar-refractivity contribution < 1.29 is 17.7 Å². The van der Waals surface area contributed by atoms with Crippen LogP contribution < -0.4 is 4.72 Å². The number of nitrogens with one attached hydrogen (secondary N) is 1. The van der Waals surface area contributed by atoms with Crippen molar-refractivity contribution in [1.82, 2.24) is 19.8 Å². The summed E-state index contributed by atoms with van der Waals surface area (Å²) < 4.78 is 32.9. The van der Waals surface area contributed by atoms with Gasteiger partial charge in [0.15, 0.2) is 0 Å². The van der Waals surface area contributed by atoms with Gasteiger partial charge in [0.1, 0.15) is 4.21 Å². The summed E-state index contributed by atoms with van der Waals surface area (Å²) in [4.78, 5) is 19.5. The molecule has 4 heterocycles. The first-order valence-electron chi connectivity index (χ1n) is 9.21. The zero-order valence-corrected chi connectivity index (χ0v) is 17.9. The van der Waals surface area contributed by atoms with Crippen LogP contribution in [0.3, 0.4) is 0 Å². The molecule has 154 valence electrons. The highest BCUT2D eigenvalue weighted by atomic mass is 32.2. The molecule has 1 amide bonds. The molecular formula is C18H20N4O4S3. The lowest BCUT2D eigenvalue weighted by Crippen LogP contribution is -2.46. The van der Waals surface area contributed by atoms with Crippen LogP contribution in [-0.4, -0.2) is 48.5 Å². The minimum absolute atomic E-state index is 0.0143. The van der Waals surface area contributed by atoms with E-state index < -0.39 is 10.0 Å². The maximum Gasteiger partial charge on any atom is 0.250 e. The normalized spacial score (nSPS) is 15.7. The van der Waals surface area contributed by atoms with E-state index in [1.54, 1.807) is 22.4 Å². The molecule has 3 aromatic rings. The summed E-state index contributed by atoms with van der Waals surface area (Å²) in [5.74, 6) is 1.00. The highest BCUT2D eigenvalue weighted by Crippen LogP contribution is 2.22. The number of thiophene rings is 2. The monoisotopic (exact) mass is 452 g/mol. The second-order valence-corrected chi connectivity index (χ2v) is 10.5. The molecule has 0 atom stereocenters. The Morgan fingerprint density at radius 1 is 1.21 bits per heavy atom. The molecule has 0 spiro atoms. The molecule has 0 unspecified atom stereocenters. The molecule has 0 aromatic carbocycles. The van der Waals surface area contributed by atoms with E-state index in [0.717, 1.165) is 4.88 Å². The van der Waals surface area contributed by atoms with Crippen LogP contribution in [0.4, 0.5) is 0 Å². The van der Waals surface area contributed by atoms with Crippen molar-refractivity contribution in [1.29, 1.82) is 0 Å². The summed E-state index contributed by atoms with van der Waals surface area (Å²) in [6.45, 7) is 1.06. The van der Waals surface area contributed by atoms with Crippen molar-refractivity contribution in [3.63, 3.8) is 0 Å². The van der Waals surface area contributed by atoms with Gasteiger partial charge in [0.2, 0.25) is 27.6 Å². The van der Waals surface area contributed by atoms with Gasteiger partial charge in [-0.05, 0) is 35.7 Å². The number of piperidine rings is 1. The Morgan fingerprint density at radius 3 is 2.66 bits per heavy atom. The van der Waals surface area contributed by atoms with E-state index >= 15 is 0 Å². The summed E-state index contributed by atoms with van der Waals surface area (Å²) in [6, 6.07) is 6.99. The Hall–Kier alpha value is -2.08. The Kier molecular flexibility index (Phi) is 6.09. The number of hydrogen-bond acceptors (Lipinski definition) is 8. The smallest absolute Gasteiger partial charge is 0.250 e. The molecule has 8 nitrogen and oxygen atoms in total. The molecule has 0 bridgehead atoms. The largest absolute Gasteiger partial charge is 0.343 e. The van der Waals surface area contributed by atoms with Gasteiger partial charge in [-0.1, -0.05) is 17.3 Å². The molecule has 1 saturated heterocycles. The topological polar surface area (TPSA) is 105 Å². The van der Waals surface area contributed by atoms with Crippen LogP contribution in [-0.2, 0) is 21.2 Å². The fraction of sp³-hybridized carbons (Fsp3) is 0.389. The number of likely N-dealkylation sites (tertiary alicyclic amines) is 1. The molecular weight excluding hydrogens is 432 g/mol. The number of aryl methyl sites for hydroxylation is 1. The van der Waals surface area contributed by atoms with Gasteiger partial charge in [0.05, 0.1) is 4.88 Å². The zero-order chi connectivity index (χ0) is 20.3. The Morgan fingerprint density at radius 2 is 1.97 bits per heavy atom. The van der Waals surface area contributed by atoms with E-state index in [4.69, 9.17) is 4.52 Å². The van der Waals surface area contributed by atoms with Gasteiger partial charge in [0.25, 0.3) is 0 Å². The average molecular weight is 453 g/mol. The van der Waals surface area contributed by atoms with Crippen LogP contribution in [0.25, 0.3) is 10.7 Å². The Labute approximate surface area is 176 Å². The van der Waals surface area contributed by atoms with E-state index in [2.05, 4.69) is 14.9 Å². The Bertz CT molecular complexity index is 1040. The lowest BCUT2D eigenvalue weighted by Gasteiger charge is -2.32. The van der Waals surface area contributed by atoms with Gasteiger partial charge < -0.3 is 9.42 Å². The number of hydrogen-bond donors (Lipinski definition) is 1. The standard InChI is InChI=1S/C18H20N4O4S3/c23-16(6-5-15-19-18(20-26-15)14-3-1-11-27-14)22-9-7-13(8-10-22)21-29(24,25)17-4-2-12-28-17/h1-4,11-13,21H,5-10H2. The minimum atomic E-state index is -3.48. The number of carbonyl (C=O) groups excluding carboxylic acids is 1. The number of carbonyl (C=O) groups is 1. The molecule has 1 fully saturated rings. The maximum absolute atomic E-state index is 12.5. The van der Waals surface area contributed by atoms with E-state index in [1.807, 2.05) is 17.5 Å². The van der Waals surface area contributed by atoms with E-state index in [-0.39, 0.29) is 18.4 Å². The van der Waals surface area contributed by atoms with Crippen LogP contribution in [0.1, 0.15) is 25.2 Å². The number of sulfonamides is 1. The van der Waals surface area contributed by atoms with Crippen molar-refractivity contribution in [3.05, 3.63) is 40.9 Å². The molecule has 3 aromatic heterocycles. The third-order valence-corrected chi connectivity index (χ3v) is 8.48. The molecule has 11 heteroatoms. The van der Waals surface area contributed by atoms with Crippen LogP contribution in [0.2, 0.25) is 0 Å². The fourth-order valence-electron chi connectivity index (χ4n) is 3.17. The SMILES string of the molecule is O=C(CCc1nc(-c2cccs2)no1)N1CCC(NS(=O)(=O)c2cccs2)CC1. The summed E-state index contributed by atoms with van der Waals surface area (Å²) >= 11 is 2.73. The van der Waals surface area contributed by atoms with Crippen molar-refractivity contribution in [2.45, 2.75) is 35.9 Å². The van der Waals surface area contributed by atoms with Gasteiger partial charge in [-0.15, -0.1) is 22.7 Å². The molecule has 0 radical (unpaired) electrons. The summed E-state index contributed by atoms with van der Waals surface area (Å²) in [6.07, 6.45) is 1.87. The minimum Gasteiger partial charge on any atom is -0.343 e. The van der Waals surface area contributed by atoms with Crippen LogP contribution in [0.5, 0.6) is 0 Å². The van der Waals surface area contributed by atoms with Gasteiger partial charge in [-0.3, -0.25) is 4.79 Å². The number of rotatable bonds is 7. The summed E-state index contributed by atoms with van der Waals surface area (Å²) in [7, 11) is -3.48. The second kappa shape index (κ2) is 8.74. The predicted molar refractivity (Wildman–Crippen MR) is 110 cm³/mol. The highest BCUT2D eigenvalue weighted by molar-refractivity contribution is 7.91. The van der Waals surface area contributed by atoms with Crippen molar-refractivity contribution in [3.8, 4) is 10.7 Å². The summed E-state index contributed by atoms with van der Waals surface area (Å²) in [5.41, 5.74) is 0. The van der Waals surface area contributed by atoms with Gasteiger partial charge in [-0.2, -0.15) is 4.98 Å². The molecule has 4 rings (SSSR count). The molecule has 1 aliphatic heterocycles. The third kappa shape index (κ3) is 4.92. The van der Waals surface area contributed by atoms with E-state index in [9.17, 15) is 13.2 Å². The third-order valence-electron chi connectivity index (χ3n) is 4.69. The van der Waals surface area contributed by atoms with Crippen molar-refractivity contribution in [2.75, 3.05) is 13.1 Å². The van der Waals surface area contributed by atoms with Crippen LogP contribution >= 0.6 is 22.7 Å². The first kappa shape index (κ1) is 20.2. The van der Waals surface area contributed by atoms with Crippen molar-refractivity contribution >= 4 is 38.6 Å². The van der Waals surface area contributed by atoms with Gasteiger partial charge >= 0.3 is 0 Å². The average Bonchev–Trinajstić information content (AvgIpc) is 3.49. The predicted octanol–water partition coefficient (Wildman–Crippen LogP) is 2.76. The van der Waals surface area contributed by atoms with Crippen LogP contribution in [0.15, 0.2) is 43.8 Å². The summed E-state index contributed by atoms with van der Waals surface area (Å²) in [5, 5.41) is 7.63. The molecule has 0 saturated carbocycles. The first-order valence-corrected chi connectivity index (χ1v) is 12.5. The van der Waals surface area contributed by atoms with Crippen LogP contribution in [0, 0.1) is 0 Å². The molecule has 0 aliphatic carbocycles. The number of amides is 1. The molecule has 29 heavy (non-hydrogen) atoms. The number of aromatic nitrogens is 2. The lowest BCUT2D eigenvalue weighted by atomic mass is 10.1.